The lowest BCUT2D eigenvalue weighted by molar-refractivity contribution is -0.125. The summed E-state index contributed by atoms with van der Waals surface area (Å²) in [6.07, 6.45) is 0.300. The average molecular weight is 241 g/mol. The Hall–Kier alpha value is -1.06. The van der Waals surface area contributed by atoms with Crippen LogP contribution in [0.1, 0.15) is 41.0 Å². The van der Waals surface area contributed by atoms with Gasteiger partial charge in [0, 0.05) is 31.3 Å². The molecule has 1 rings (SSSR count). The molecule has 4 nitrogen and oxygen atoms in total. The van der Waals surface area contributed by atoms with Gasteiger partial charge in [0.1, 0.15) is 11.4 Å². The molecule has 1 saturated heterocycles. The number of amides is 1. The van der Waals surface area contributed by atoms with Gasteiger partial charge in [0.05, 0.1) is 0 Å². The van der Waals surface area contributed by atoms with E-state index in [1.807, 2.05) is 34.6 Å². The maximum absolute atomic E-state index is 11.7. The van der Waals surface area contributed by atoms with Crippen molar-refractivity contribution in [3.63, 3.8) is 0 Å². The Balaban J connectivity index is 2.37. The zero-order valence-corrected chi connectivity index (χ0v) is 11.4. The van der Waals surface area contributed by atoms with Crippen LogP contribution >= 0.6 is 0 Å². The Morgan fingerprint density at radius 1 is 1.35 bits per heavy atom. The van der Waals surface area contributed by atoms with Crippen LogP contribution in [0.3, 0.4) is 0 Å². The van der Waals surface area contributed by atoms with Crippen LogP contribution in [0.5, 0.6) is 0 Å². The molecule has 4 heteroatoms. The van der Waals surface area contributed by atoms with Crippen molar-refractivity contribution in [3.8, 4) is 0 Å². The summed E-state index contributed by atoms with van der Waals surface area (Å²) in [5.41, 5.74) is -0.451. The molecule has 0 aromatic carbocycles. The third kappa shape index (κ3) is 3.72. The summed E-state index contributed by atoms with van der Waals surface area (Å²) in [5.74, 6) is 0.632. The van der Waals surface area contributed by atoms with Gasteiger partial charge in [-0.25, -0.2) is 4.79 Å². The maximum atomic E-state index is 11.7. The lowest BCUT2D eigenvalue weighted by Crippen LogP contribution is -2.54. The van der Waals surface area contributed by atoms with Crippen LogP contribution in [0.15, 0.2) is 0 Å². The SMILES string of the molecule is CCC(=O)C(C)C1CN(C(=O)OC(C)(C)C)C1. The molecule has 0 N–H and O–H groups in total. The highest BCUT2D eigenvalue weighted by atomic mass is 16.6. The van der Waals surface area contributed by atoms with Crippen LogP contribution in [0.4, 0.5) is 4.79 Å². The number of rotatable bonds is 3. The molecule has 0 saturated carbocycles. The van der Waals surface area contributed by atoms with Crippen LogP contribution in [-0.4, -0.2) is 35.5 Å². The third-order valence-corrected chi connectivity index (χ3v) is 3.12. The maximum Gasteiger partial charge on any atom is 0.410 e. The third-order valence-electron chi connectivity index (χ3n) is 3.12. The van der Waals surface area contributed by atoms with Crippen molar-refractivity contribution >= 4 is 11.9 Å². The topological polar surface area (TPSA) is 46.6 Å². The van der Waals surface area contributed by atoms with Gasteiger partial charge in [-0.05, 0) is 20.8 Å². The Morgan fingerprint density at radius 3 is 2.29 bits per heavy atom. The minimum atomic E-state index is -0.451. The lowest BCUT2D eigenvalue weighted by Gasteiger charge is -2.42. The van der Waals surface area contributed by atoms with E-state index >= 15 is 0 Å². The first-order chi connectivity index (χ1) is 7.74. The molecule has 1 heterocycles. The molecule has 0 aromatic heterocycles. The Kier molecular flexibility index (Phi) is 4.17. The van der Waals surface area contributed by atoms with E-state index in [-0.39, 0.29) is 17.8 Å². The van der Waals surface area contributed by atoms with Gasteiger partial charge in [-0.3, -0.25) is 4.79 Å². The second-order valence-electron chi connectivity index (χ2n) is 5.75. The largest absolute Gasteiger partial charge is 0.444 e. The Morgan fingerprint density at radius 2 is 1.88 bits per heavy atom. The second kappa shape index (κ2) is 5.07. The van der Waals surface area contributed by atoms with Gasteiger partial charge in [0.2, 0.25) is 0 Å². The summed E-state index contributed by atoms with van der Waals surface area (Å²) in [7, 11) is 0. The molecule has 0 aromatic rings. The van der Waals surface area contributed by atoms with Gasteiger partial charge in [-0.15, -0.1) is 0 Å². The zero-order chi connectivity index (χ0) is 13.2. The molecule has 17 heavy (non-hydrogen) atoms. The number of nitrogens with zero attached hydrogens (tertiary/aromatic N) is 1. The number of ketones is 1. The summed E-state index contributed by atoms with van der Waals surface area (Å²) in [6.45, 7) is 10.7. The van der Waals surface area contributed by atoms with E-state index in [0.29, 0.717) is 25.4 Å². The van der Waals surface area contributed by atoms with Crippen LogP contribution in [0, 0.1) is 11.8 Å². The van der Waals surface area contributed by atoms with Gasteiger partial charge in [0.25, 0.3) is 0 Å². The molecule has 1 amide bonds. The van der Waals surface area contributed by atoms with Crippen molar-refractivity contribution < 1.29 is 14.3 Å². The summed E-state index contributed by atoms with van der Waals surface area (Å²) < 4.78 is 5.26. The van der Waals surface area contributed by atoms with Gasteiger partial charge in [0.15, 0.2) is 0 Å². The van der Waals surface area contributed by atoms with Crippen molar-refractivity contribution in [1.82, 2.24) is 4.90 Å². The monoisotopic (exact) mass is 241 g/mol. The molecule has 98 valence electrons. The van der Waals surface area contributed by atoms with Crippen LogP contribution < -0.4 is 0 Å². The average Bonchev–Trinajstić information content (AvgIpc) is 2.10. The molecule has 1 unspecified atom stereocenters. The van der Waals surface area contributed by atoms with Crippen molar-refractivity contribution in [2.75, 3.05) is 13.1 Å². The predicted molar refractivity (Wildman–Crippen MR) is 65.8 cm³/mol. The number of carbonyl (C=O) groups is 2. The Labute approximate surface area is 103 Å². The first-order valence-corrected chi connectivity index (χ1v) is 6.25. The molecular formula is C13H23NO3. The second-order valence-corrected chi connectivity index (χ2v) is 5.75. The zero-order valence-electron chi connectivity index (χ0n) is 11.4. The van der Waals surface area contributed by atoms with Gasteiger partial charge in [-0.1, -0.05) is 13.8 Å². The predicted octanol–water partition coefficient (Wildman–Crippen LogP) is 2.47. The lowest BCUT2D eigenvalue weighted by atomic mass is 9.84. The van der Waals surface area contributed by atoms with E-state index in [9.17, 15) is 9.59 Å². The van der Waals surface area contributed by atoms with Gasteiger partial charge in [-0.2, -0.15) is 0 Å². The smallest absolute Gasteiger partial charge is 0.410 e. The molecule has 1 fully saturated rings. The number of carbonyl (C=O) groups excluding carboxylic acids is 2. The van der Waals surface area contributed by atoms with Crippen molar-refractivity contribution in [2.24, 2.45) is 11.8 Å². The number of ether oxygens (including phenoxy) is 1. The fraction of sp³-hybridized carbons (Fsp3) is 0.846. The fourth-order valence-electron chi connectivity index (χ4n) is 1.89. The van der Waals surface area contributed by atoms with E-state index in [4.69, 9.17) is 4.74 Å². The van der Waals surface area contributed by atoms with Crippen molar-refractivity contribution in [3.05, 3.63) is 0 Å². The molecule has 0 aliphatic carbocycles. The Bertz CT molecular complexity index is 300. The number of likely N-dealkylation sites (tertiary alicyclic amines) is 1. The molecule has 1 aliphatic heterocycles. The molecule has 1 aliphatic rings. The minimum absolute atomic E-state index is 0.0543. The molecule has 0 bridgehead atoms. The molecular weight excluding hydrogens is 218 g/mol. The van der Waals surface area contributed by atoms with Crippen molar-refractivity contribution in [2.45, 2.75) is 46.6 Å². The van der Waals surface area contributed by atoms with Crippen LogP contribution in [0.2, 0.25) is 0 Å². The van der Waals surface area contributed by atoms with Crippen molar-refractivity contribution in [1.29, 1.82) is 0 Å². The number of hydrogen-bond donors (Lipinski definition) is 0. The van der Waals surface area contributed by atoms with Crippen LogP contribution in [-0.2, 0) is 9.53 Å². The fourth-order valence-corrected chi connectivity index (χ4v) is 1.89. The van der Waals surface area contributed by atoms with Crippen LogP contribution in [0.25, 0.3) is 0 Å². The molecule has 1 atom stereocenters. The highest BCUT2D eigenvalue weighted by Gasteiger charge is 2.38. The van der Waals surface area contributed by atoms with E-state index in [2.05, 4.69) is 0 Å². The normalized spacial score (nSPS) is 18.5. The highest BCUT2D eigenvalue weighted by molar-refractivity contribution is 5.81. The first kappa shape index (κ1) is 14.0. The summed E-state index contributed by atoms with van der Waals surface area (Å²) in [4.78, 5) is 24.8. The van der Waals surface area contributed by atoms with E-state index < -0.39 is 5.60 Å². The van der Waals surface area contributed by atoms with E-state index in [1.165, 1.54) is 0 Å². The minimum Gasteiger partial charge on any atom is -0.444 e. The summed E-state index contributed by atoms with van der Waals surface area (Å²) in [6, 6.07) is 0. The number of hydrogen-bond acceptors (Lipinski definition) is 3. The van der Waals surface area contributed by atoms with Gasteiger partial charge < -0.3 is 9.64 Å². The van der Waals surface area contributed by atoms with Gasteiger partial charge >= 0.3 is 6.09 Å². The quantitative estimate of drug-likeness (QED) is 0.762. The summed E-state index contributed by atoms with van der Waals surface area (Å²) >= 11 is 0. The standard InChI is InChI=1S/C13H23NO3/c1-6-11(15)9(2)10-7-14(8-10)12(16)17-13(3,4)5/h9-10H,6-8H2,1-5H3. The molecule has 0 radical (unpaired) electrons. The highest BCUT2D eigenvalue weighted by Crippen LogP contribution is 2.26. The van der Waals surface area contributed by atoms with E-state index in [0.717, 1.165) is 0 Å². The molecule has 0 spiro atoms. The first-order valence-electron chi connectivity index (χ1n) is 6.25. The summed E-state index contributed by atoms with van der Waals surface area (Å²) in [5, 5.41) is 0. The van der Waals surface area contributed by atoms with E-state index in [1.54, 1.807) is 4.90 Å². The number of Topliss-reactive ketones (excluding diaryl/α,β-unsaturated/α-hetero) is 1.